The molecule has 0 bridgehead atoms. The minimum atomic E-state index is -0.317. The largest absolute Gasteiger partial charge is 0.497 e. The molecule has 1 unspecified atom stereocenters. The van der Waals surface area contributed by atoms with Crippen LogP contribution in [0.25, 0.3) is 21.7 Å². The maximum Gasteiger partial charge on any atom is 0.247 e. The van der Waals surface area contributed by atoms with Gasteiger partial charge in [-0.1, -0.05) is 42.5 Å². The molecule has 3 aromatic carbocycles. The summed E-state index contributed by atoms with van der Waals surface area (Å²) in [7, 11) is 1.65. The predicted molar refractivity (Wildman–Crippen MR) is 118 cm³/mol. The number of aromatic nitrogens is 1. The van der Waals surface area contributed by atoms with Gasteiger partial charge in [-0.3, -0.25) is 4.79 Å². The molecule has 0 saturated carbocycles. The van der Waals surface area contributed by atoms with Gasteiger partial charge < -0.3 is 9.72 Å². The molecule has 1 aromatic heterocycles. The molecule has 0 aliphatic carbocycles. The Hall–Kier alpha value is -3.60. The van der Waals surface area contributed by atoms with E-state index in [0.29, 0.717) is 0 Å². The highest BCUT2D eigenvalue weighted by molar-refractivity contribution is 6.01. The Morgan fingerprint density at radius 3 is 2.69 bits per heavy atom. The number of benzene rings is 3. The van der Waals surface area contributed by atoms with Crippen molar-refractivity contribution in [2.24, 2.45) is 5.10 Å². The first kappa shape index (κ1) is 18.7. The number of carbonyl (C=O) groups excluding carboxylic acids is 1. The van der Waals surface area contributed by atoms with E-state index in [4.69, 9.17) is 4.74 Å². The smallest absolute Gasteiger partial charge is 0.247 e. The van der Waals surface area contributed by atoms with Crippen molar-refractivity contribution >= 4 is 33.8 Å². The Labute approximate surface area is 169 Å². The standard InChI is InChI=1S/C24H23N3O2/c1-15(17-8-9-19-13-20(29-3)11-10-18(19)12-17)24(28)27-25-14-22-16(2)26-23-7-5-4-6-21(22)23/h4-15,26H,1-3H3,(H,27,28)/b25-14+. The molecular formula is C24H23N3O2. The van der Waals surface area contributed by atoms with Crippen LogP contribution in [-0.4, -0.2) is 24.2 Å². The molecule has 0 saturated heterocycles. The van der Waals surface area contributed by atoms with Gasteiger partial charge in [0.25, 0.3) is 0 Å². The van der Waals surface area contributed by atoms with Crippen LogP contribution >= 0.6 is 0 Å². The highest BCUT2D eigenvalue weighted by Gasteiger charge is 2.15. The van der Waals surface area contributed by atoms with Crippen molar-refractivity contribution in [3.8, 4) is 5.75 Å². The molecule has 5 heteroatoms. The number of nitrogens with one attached hydrogen (secondary N) is 2. The van der Waals surface area contributed by atoms with Crippen LogP contribution in [0.1, 0.15) is 29.7 Å². The summed E-state index contributed by atoms with van der Waals surface area (Å²) in [4.78, 5) is 15.9. The number of hydrogen-bond acceptors (Lipinski definition) is 3. The lowest BCUT2D eigenvalue weighted by molar-refractivity contribution is -0.122. The summed E-state index contributed by atoms with van der Waals surface area (Å²) in [5.41, 5.74) is 6.67. The zero-order valence-corrected chi connectivity index (χ0v) is 16.7. The summed E-state index contributed by atoms with van der Waals surface area (Å²) < 4.78 is 5.27. The van der Waals surface area contributed by atoms with Crippen LogP contribution in [0.4, 0.5) is 0 Å². The Kier molecular flexibility index (Phi) is 5.04. The zero-order valence-electron chi connectivity index (χ0n) is 16.7. The second kappa shape index (κ2) is 7.80. The molecule has 1 heterocycles. The van der Waals surface area contributed by atoms with Gasteiger partial charge >= 0.3 is 0 Å². The van der Waals surface area contributed by atoms with E-state index in [1.807, 2.05) is 74.5 Å². The van der Waals surface area contributed by atoms with Gasteiger partial charge in [0.15, 0.2) is 0 Å². The van der Waals surface area contributed by atoms with E-state index < -0.39 is 0 Å². The van der Waals surface area contributed by atoms with Crippen molar-refractivity contribution in [3.63, 3.8) is 0 Å². The molecule has 146 valence electrons. The first-order valence-electron chi connectivity index (χ1n) is 9.55. The SMILES string of the molecule is COc1ccc2cc(C(C)C(=O)N/N=C/c3c(C)[nH]c4ccccc34)ccc2c1. The summed E-state index contributed by atoms with van der Waals surface area (Å²) in [5.74, 6) is 0.354. The fourth-order valence-electron chi connectivity index (χ4n) is 3.51. The normalized spacial score (nSPS) is 12.5. The minimum Gasteiger partial charge on any atom is -0.497 e. The lowest BCUT2D eigenvalue weighted by atomic mass is 9.97. The van der Waals surface area contributed by atoms with Gasteiger partial charge in [0.1, 0.15) is 5.75 Å². The number of H-pyrrole nitrogens is 1. The lowest BCUT2D eigenvalue weighted by Gasteiger charge is -2.11. The number of methoxy groups -OCH3 is 1. The number of aromatic amines is 1. The third-order valence-electron chi connectivity index (χ3n) is 5.28. The number of hydrazone groups is 1. The van der Waals surface area contributed by atoms with Crippen molar-refractivity contribution in [2.45, 2.75) is 19.8 Å². The third kappa shape index (κ3) is 3.72. The molecule has 0 radical (unpaired) electrons. The quantitative estimate of drug-likeness (QED) is 0.379. The fourth-order valence-corrected chi connectivity index (χ4v) is 3.51. The minimum absolute atomic E-state index is 0.147. The van der Waals surface area contributed by atoms with Crippen LogP contribution in [0.2, 0.25) is 0 Å². The molecule has 0 fully saturated rings. The van der Waals surface area contributed by atoms with Crippen LogP contribution in [0.15, 0.2) is 65.8 Å². The van der Waals surface area contributed by atoms with Gasteiger partial charge in [-0.05, 0) is 48.4 Å². The van der Waals surface area contributed by atoms with Crippen LogP contribution in [0.5, 0.6) is 5.75 Å². The van der Waals surface area contributed by atoms with Crippen LogP contribution in [0, 0.1) is 6.92 Å². The summed E-state index contributed by atoms with van der Waals surface area (Å²) in [6.07, 6.45) is 1.70. The van der Waals surface area contributed by atoms with E-state index in [9.17, 15) is 4.79 Å². The van der Waals surface area contributed by atoms with Gasteiger partial charge in [0, 0.05) is 22.2 Å². The molecule has 4 aromatic rings. The van der Waals surface area contributed by atoms with E-state index in [1.54, 1.807) is 13.3 Å². The number of fused-ring (bicyclic) bond motifs is 2. The Balaban J connectivity index is 1.50. The lowest BCUT2D eigenvalue weighted by Crippen LogP contribution is -2.23. The van der Waals surface area contributed by atoms with E-state index in [2.05, 4.69) is 15.5 Å². The van der Waals surface area contributed by atoms with E-state index in [-0.39, 0.29) is 11.8 Å². The molecule has 0 spiro atoms. The van der Waals surface area contributed by atoms with Gasteiger partial charge in [-0.2, -0.15) is 5.10 Å². The monoisotopic (exact) mass is 385 g/mol. The van der Waals surface area contributed by atoms with Crippen LogP contribution < -0.4 is 10.2 Å². The molecule has 1 amide bonds. The molecule has 2 N–H and O–H groups in total. The van der Waals surface area contributed by atoms with Gasteiger partial charge in [-0.15, -0.1) is 0 Å². The molecule has 29 heavy (non-hydrogen) atoms. The number of hydrogen-bond donors (Lipinski definition) is 2. The van der Waals surface area contributed by atoms with E-state index in [0.717, 1.165) is 44.2 Å². The maximum atomic E-state index is 12.6. The molecule has 0 aliphatic rings. The van der Waals surface area contributed by atoms with Crippen molar-refractivity contribution in [2.75, 3.05) is 7.11 Å². The molecular weight excluding hydrogens is 362 g/mol. The number of para-hydroxylation sites is 1. The average molecular weight is 385 g/mol. The van der Waals surface area contributed by atoms with Crippen molar-refractivity contribution in [1.82, 2.24) is 10.4 Å². The van der Waals surface area contributed by atoms with E-state index >= 15 is 0 Å². The van der Waals surface area contributed by atoms with Crippen molar-refractivity contribution in [3.05, 3.63) is 77.5 Å². The van der Waals surface area contributed by atoms with E-state index in [1.165, 1.54) is 0 Å². The molecule has 1 atom stereocenters. The third-order valence-corrected chi connectivity index (χ3v) is 5.28. The number of nitrogens with zero attached hydrogens (tertiary/aromatic N) is 1. The summed E-state index contributed by atoms with van der Waals surface area (Å²) >= 11 is 0. The number of rotatable bonds is 5. The highest BCUT2D eigenvalue weighted by atomic mass is 16.5. The van der Waals surface area contributed by atoms with Crippen LogP contribution in [-0.2, 0) is 4.79 Å². The second-order valence-electron chi connectivity index (χ2n) is 7.14. The maximum absolute atomic E-state index is 12.6. The van der Waals surface area contributed by atoms with Crippen molar-refractivity contribution in [1.29, 1.82) is 0 Å². The Morgan fingerprint density at radius 1 is 1.10 bits per heavy atom. The first-order valence-corrected chi connectivity index (χ1v) is 9.55. The second-order valence-corrected chi connectivity index (χ2v) is 7.14. The van der Waals surface area contributed by atoms with Gasteiger partial charge in [-0.25, -0.2) is 5.43 Å². The Morgan fingerprint density at radius 2 is 1.86 bits per heavy atom. The van der Waals surface area contributed by atoms with Gasteiger partial charge in [0.05, 0.1) is 19.2 Å². The first-order chi connectivity index (χ1) is 14.1. The number of aryl methyl sites for hydroxylation is 1. The summed E-state index contributed by atoms with van der Waals surface area (Å²) in [6, 6.07) is 20.0. The van der Waals surface area contributed by atoms with Crippen molar-refractivity contribution < 1.29 is 9.53 Å². The zero-order chi connectivity index (χ0) is 20.4. The fraction of sp³-hybridized carbons (Fsp3) is 0.167. The highest BCUT2D eigenvalue weighted by Crippen LogP contribution is 2.25. The number of ether oxygens (including phenoxy) is 1. The average Bonchev–Trinajstić information content (AvgIpc) is 3.07. The molecule has 0 aliphatic heterocycles. The van der Waals surface area contributed by atoms with Crippen LogP contribution in [0.3, 0.4) is 0 Å². The molecule has 5 nitrogen and oxygen atoms in total. The topological polar surface area (TPSA) is 66.5 Å². The predicted octanol–water partition coefficient (Wildman–Crippen LogP) is 4.89. The summed E-state index contributed by atoms with van der Waals surface area (Å²) in [6.45, 7) is 3.88. The number of amides is 1. The summed E-state index contributed by atoms with van der Waals surface area (Å²) in [5, 5.41) is 7.43. The number of carbonyl (C=O) groups is 1. The van der Waals surface area contributed by atoms with Gasteiger partial charge in [0.2, 0.25) is 5.91 Å². The molecule has 4 rings (SSSR count). The Bertz CT molecular complexity index is 1220.